The van der Waals surface area contributed by atoms with Gasteiger partial charge in [-0.1, -0.05) is 0 Å². The molecule has 0 aliphatic heterocycles. The minimum atomic E-state index is -3.01. The topological polar surface area (TPSA) is 76.0 Å². The summed E-state index contributed by atoms with van der Waals surface area (Å²) in [7, 11) is -3.01. The molecule has 0 bridgehead atoms. The molecule has 0 spiro atoms. The van der Waals surface area contributed by atoms with Crippen LogP contribution in [0, 0.1) is 0 Å². The van der Waals surface area contributed by atoms with Gasteiger partial charge in [0.2, 0.25) is 0 Å². The lowest BCUT2D eigenvalue weighted by molar-refractivity contribution is -0.230. The molecular formula is H2O5Si. The maximum atomic E-state index is 9.42. The highest BCUT2D eigenvalue weighted by atomic mass is 28.3. The van der Waals surface area contributed by atoms with E-state index in [1.807, 2.05) is 0 Å². The highest BCUT2D eigenvalue weighted by molar-refractivity contribution is 6.25. The fourth-order valence-electron chi connectivity index (χ4n) is 0.0167. The molecule has 0 aliphatic carbocycles. The summed E-state index contributed by atoms with van der Waals surface area (Å²) in [6, 6.07) is 0. The third kappa shape index (κ3) is 1.82. The molecule has 0 unspecified atom stereocenters. The van der Waals surface area contributed by atoms with Crippen molar-refractivity contribution in [3.63, 3.8) is 0 Å². The molecule has 0 saturated heterocycles. The van der Waals surface area contributed by atoms with Gasteiger partial charge in [-0.15, -0.1) is 0 Å². The van der Waals surface area contributed by atoms with Gasteiger partial charge in [-0.25, -0.2) is 10.5 Å². The Morgan fingerprint density at radius 3 is 1.67 bits per heavy atom. The summed E-state index contributed by atoms with van der Waals surface area (Å²) in [5.41, 5.74) is 0. The van der Waals surface area contributed by atoms with Crippen LogP contribution in [0.25, 0.3) is 0 Å². The van der Waals surface area contributed by atoms with Gasteiger partial charge in [-0.05, 0) is 0 Å². The lowest BCUT2D eigenvalue weighted by Gasteiger charge is -1.81. The van der Waals surface area contributed by atoms with Crippen LogP contribution in [0.15, 0.2) is 0 Å². The first-order valence-electron chi connectivity index (χ1n) is 0.978. The summed E-state index contributed by atoms with van der Waals surface area (Å²) in [6.07, 6.45) is 0. The van der Waals surface area contributed by atoms with Crippen LogP contribution in [0.4, 0.5) is 0 Å². The number of rotatable bonds is 2. The smallest absolute Gasteiger partial charge is 0.330 e. The van der Waals surface area contributed by atoms with Crippen molar-refractivity contribution in [2.75, 3.05) is 0 Å². The molecule has 0 aromatic carbocycles. The molecule has 0 amide bonds. The van der Waals surface area contributed by atoms with E-state index in [0.29, 0.717) is 0 Å². The third-order valence-corrected chi connectivity index (χ3v) is 0.447. The van der Waals surface area contributed by atoms with Crippen LogP contribution in [-0.4, -0.2) is 19.7 Å². The molecule has 0 saturated carbocycles. The molecule has 2 N–H and O–H groups in total. The highest BCUT2D eigenvalue weighted by Crippen LogP contribution is 1.62. The van der Waals surface area contributed by atoms with Gasteiger partial charge in [0.15, 0.2) is 0 Å². The summed E-state index contributed by atoms with van der Waals surface area (Å²) in [5, 5.41) is 14.6. The van der Waals surface area contributed by atoms with E-state index in [1.54, 1.807) is 0 Å². The molecule has 0 aliphatic rings. The Labute approximate surface area is 34.5 Å². The second kappa shape index (κ2) is 2.76. The van der Waals surface area contributed by atoms with Crippen LogP contribution in [0.2, 0.25) is 0 Å². The van der Waals surface area contributed by atoms with E-state index in [2.05, 4.69) is 9.15 Å². The van der Waals surface area contributed by atoms with Crippen LogP contribution < -0.4 is 0 Å². The molecule has 6 heavy (non-hydrogen) atoms. The molecule has 36 valence electrons. The van der Waals surface area contributed by atoms with Gasteiger partial charge in [-0.2, -0.15) is 0 Å². The van der Waals surface area contributed by atoms with Crippen molar-refractivity contribution in [2.24, 2.45) is 0 Å². The highest BCUT2D eigenvalue weighted by Gasteiger charge is 2.07. The molecule has 0 radical (unpaired) electrons. The van der Waals surface area contributed by atoms with Crippen molar-refractivity contribution in [2.45, 2.75) is 0 Å². The van der Waals surface area contributed by atoms with Crippen molar-refractivity contribution in [1.82, 2.24) is 0 Å². The second-order valence-corrected chi connectivity index (χ2v) is 1.30. The largest absolute Gasteiger partial charge is 0.834 e. The number of hydrogen-bond donors (Lipinski definition) is 2. The molecule has 5 nitrogen and oxygen atoms in total. The summed E-state index contributed by atoms with van der Waals surface area (Å²) >= 11 is 0. The van der Waals surface area contributed by atoms with E-state index in [4.69, 9.17) is 10.5 Å². The molecule has 0 heterocycles. The summed E-state index contributed by atoms with van der Waals surface area (Å²) < 4.78 is 15.4. The van der Waals surface area contributed by atoms with Crippen molar-refractivity contribution >= 4 is 9.17 Å². The molecule has 0 fully saturated rings. The van der Waals surface area contributed by atoms with Gasteiger partial charge >= 0.3 is 9.17 Å². The van der Waals surface area contributed by atoms with Crippen molar-refractivity contribution < 1.29 is 24.1 Å². The number of hydrogen-bond acceptors (Lipinski definition) is 5. The van der Waals surface area contributed by atoms with Crippen LogP contribution in [0.5, 0.6) is 0 Å². The average molecular weight is 110 g/mol. The van der Waals surface area contributed by atoms with Crippen molar-refractivity contribution in [3.8, 4) is 0 Å². The van der Waals surface area contributed by atoms with Gasteiger partial charge in [0.05, 0.1) is 0 Å². The summed E-state index contributed by atoms with van der Waals surface area (Å²) in [5.74, 6) is 0. The molecular weight excluding hydrogens is 108 g/mol. The first kappa shape index (κ1) is 5.54. The van der Waals surface area contributed by atoms with E-state index < -0.39 is 9.17 Å². The van der Waals surface area contributed by atoms with Gasteiger partial charge in [0.1, 0.15) is 0 Å². The lowest BCUT2D eigenvalue weighted by Crippen LogP contribution is -2.05. The Balaban J connectivity index is 2.99. The Bertz CT molecular complexity index is 41.9. The maximum Gasteiger partial charge on any atom is 0.834 e. The average Bonchev–Trinajstić information content (AvgIpc) is 1.65. The zero-order chi connectivity index (χ0) is 4.99. The van der Waals surface area contributed by atoms with Gasteiger partial charge in [-0.3, -0.25) is 4.46 Å². The Morgan fingerprint density at radius 2 is 1.67 bits per heavy atom. The van der Waals surface area contributed by atoms with Crippen molar-refractivity contribution in [1.29, 1.82) is 0 Å². The van der Waals surface area contributed by atoms with Crippen LogP contribution >= 0.6 is 0 Å². The van der Waals surface area contributed by atoms with Gasteiger partial charge in [0, 0.05) is 0 Å². The SMILES string of the molecule is O=[Si](OO)OO. The summed E-state index contributed by atoms with van der Waals surface area (Å²) in [6.45, 7) is 0. The van der Waals surface area contributed by atoms with Crippen LogP contribution in [-0.2, 0) is 13.6 Å². The molecule has 0 aromatic heterocycles. The zero-order valence-corrected chi connectivity index (χ0v) is 3.62. The minimum absolute atomic E-state index is 2.97. The first-order valence-corrected chi connectivity index (χ1v) is 2.20. The fourth-order valence-corrected chi connectivity index (χ4v) is 0.0500. The lowest BCUT2D eigenvalue weighted by atomic mass is 14.9. The Kier molecular flexibility index (Phi) is 2.54. The normalized spacial score (nSPS) is 7.00. The van der Waals surface area contributed by atoms with E-state index >= 15 is 0 Å². The van der Waals surface area contributed by atoms with Crippen LogP contribution in [0.3, 0.4) is 0 Å². The molecule has 0 aromatic rings. The quantitative estimate of drug-likeness (QED) is 0.281. The molecule has 0 rings (SSSR count). The third-order valence-electron chi connectivity index (χ3n) is 0.149. The van der Waals surface area contributed by atoms with Crippen LogP contribution in [0.1, 0.15) is 0 Å². The van der Waals surface area contributed by atoms with E-state index in [1.165, 1.54) is 0 Å². The van der Waals surface area contributed by atoms with Crippen molar-refractivity contribution in [3.05, 3.63) is 0 Å². The predicted molar refractivity (Wildman–Crippen MR) is 13.9 cm³/mol. The maximum absolute atomic E-state index is 9.42. The van der Waals surface area contributed by atoms with Gasteiger partial charge < -0.3 is 9.15 Å². The van der Waals surface area contributed by atoms with Gasteiger partial charge in [0.25, 0.3) is 0 Å². The fraction of sp³-hybridized carbons (Fsp3) is 0. The second-order valence-electron chi connectivity index (χ2n) is 0.433. The first-order chi connectivity index (χ1) is 2.81. The zero-order valence-electron chi connectivity index (χ0n) is 2.62. The monoisotopic (exact) mass is 110 g/mol. The summed E-state index contributed by atoms with van der Waals surface area (Å²) in [4.78, 5) is 0. The Morgan fingerprint density at radius 1 is 1.33 bits per heavy atom. The predicted octanol–water partition coefficient (Wildman–Crippen LogP) is -0.619. The Hall–Kier alpha value is -0.463. The van der Waals surface area contributed by atoms with E-state index in [0.717, 1.165) is 0 Å². The van der Waals surface area contributed by atoms with E-state index in [-0.39, 0.29) is 0 Å². The molecule has 0 atom stereocenters. The minimum Gasteiger partial charge on any atom is -0.330 e. The standard InChI is InChI=1S/H2O5Si/c1-4-6(3)5-2/h1-2H. The molecule has 6 heteroatoms. The van der Waals surface area contributed by atoms with E-state index in [9.17, 15) is 4.46 Å².